The van der Waals surface area contributed by atoms with E-state index in [1.165, 1.54) is 6.92 Å². The maximum atomic E-state index is 11.2. The molecule has 1 atom stereocenters. The second kappa shape index (κ2) is 6.16. The van der Waals surface area contributed by atoms with Crippen LogP contribution in [0.4, 0.5) is 0 Å². The number of carbonyl (C=O) groups excluding carboxylic acids is 2. The third-order valence-corrected chi connectivity index (χ3v) is 1.99. The summed E-state index contributed by atoms with van der Waals surface area (Å²) in [6.45, 7) is 5.05. The molecule has 0 radical (unpaired) electrons. The van der Waals surface area contributed by atoms with E-state index in [0.717, 1.165) is 0 Å². The van der Waals surface area contributed by atoms with Crippen LogP contribution in [0.25, 0.3) is 0 Å². The first kappa shape index (κ1) is 13.6. The smallest absolute Gasteiger partial charge is 0.303 e. The minimum atomic E-state index is -1.02. The van der Waals surface area contributed by atoms with Crippen molar-refractivity contribution in [2.24, 2.45) is 5.92 Å². The number of carbonyl (C=O) groups is 3. The van der Waals surface area contributed by atoms with Crippen molar-refractivity contribution in [3.05, 3.63) is 0 Å². The molecular formula is C10H17NO4. The van der Waals surface area contributed by atoms with Gasteiger partial charge in [-0.25, -0.2) is 0 Å². The zero-order valence-electron chi connectivity index (χ0n) is 9.24. The molecule has 0 aliphatic carbocycles. The molecule has 0 fully saturated rings. The van der Waals surface area contributed by atoms with Crippen LogP contribution in [-0.4, -0.2) is 28.8 Å². The van der Waals surface area contributed by atoms with E-state index in [-0.39, 0.29) is 24.5 Å². The van der Waals surface area contributed by atoms with E-state index >= 15 is 0 Å². The first-order valence-corrected chi connectivity index (χ1v) is 4.86. The molecule has 2 N–H and O–H groups in total. The van der Waals surface area contributed by atoms with Gasteiger partial charge in [0.1, 0.15) is 0 Å². The lowest BCUT2D eigenvalue weighted by Gasteiger charge is -2.19. The number of nitrogens with one attached hydrogen (secondary N) is 1. The van der Waals surface area contributed by atoms with Crippen LogP contribution in [0.3, 0.4) is 0 Å². The number of hydrogen-bond acceptors (Lipinski definition) is 3. The van der Waals surface area contributed by atoms with Crippen LogP contribution in [0.5, 0.6) is 0 Å². The van der Waals surface area contributed by atoms with Crippen molar-refractivity contribution in [3.8, 4) is 0 Å². The van der Waals surface area contributed by atoms with Gasteiger partial charge in [-0.05, 0) is 12.8 Å². The Morgan fingerprint density at radius 3 is 2.07 bits per heavy atom. The van der Waals surface area contributed by atoms with E-state index in [1.54, 1.807) is 0 Å². The van der Waals surface area contributed by atoms with Gasteiger partial charge in [0.05, 0.1) is 12.5 Å². The van der Waals surface area contributed by atoms with Crippen molar-refractivity contribution in [1.29, 1.82) is 0 Å². The van der Waals surface area contributed by atoms with Gasteiger partial charge < -0.3 is 10.4 Å². The number of hydrogen-bond donors (Lipinski definition) is 2. The van der Waals surface area contributed by atoms with Gasteiger partial charge in [-0.2, -0.15) is 0 Å². The topological polar surface area (TPSA) is 83.5 Å². The summed E-state index contributed by atoms with van der Waals surface area (Å²) >= 11 is 0. The quantitative estimate of drug-likeness (QED) is 0.679. The van der Waals surface area contributed by atoms with Gasteiger partial charge in [0, 0.05) is 6.42 Å². The Morgan fingerprint density at radius 2 is 1.73 bits per heavy atom. The molecule has 0 spiro atoms. The standard InChI is InChI=1S/C10H17NO4/c1-6(2)10(7(3)12)11-8(13)4-5-9(14)15/h6,10H,4-5H2,1-3H3,(H,11,13)(H,14,15)/t10-/m0/s1. The van der Waals surface area contributed by atoms with E-state index < -0.39 is 17.9 Å². The fraction of sp³-hybridized carbons (Fsp3) is 0.700. The van der Waals surface area contributed by atoms with E-state index in [9.17, 15) is 14.4 Å². The van der Waals surface area contributed by atoms with Crippen molar-refractivity contribution >= 4 is 17.7 Å². The molecule has 0 aliphatic heterocycles. The highest BCUT2D eigenvalue weighted by Gasteiger charge is 2.20. The summed E-state index contributed by atoms with van der Waals surface area (Å²) in [5, 5.41) is 10.9. The normalized spacial score (nSPS) is 12.3. The second-order valence-corrected chi connectivity index (χ2v) is 3.79. The Morgan fingerprint density at radius 1 is 1.20 bits per heavy atom. The van der Waals surface area contributed by atoms with Crippen LogP contribution in [-0.2, 0) is 14.4 Å². The van der Waals surface area contributed by atoms with E-state index in [1.807, 2.05) is 13.8 Å². The van der Waals surface area contributed by atoms with Gasteiger partial charge in [-0.15, -0.1) is 0 Å². The monoisotopic (exact) mass is 215 g/mol. The summed E-state index contributed by atoms with van der Waals surface area (Å²) in [7, 11) is 0. The fourth-order valence-electron chi connectivity index (χ4n) is 1.20. The van der Waals surface area contributed by atoms with Crippen LogP contribution in [0.1, 0.15) is 33.6 Å². The van der Waals surface area contributed by atoms with Gasteiger partial charge in [-0.1, -0.05) is 13.8 Å². The summed E-state index contributed by atoms with van der Waals surface area (Å²) < 4.78 is 0. The molecule has 0 rings (SSSR count). The first-order chi connectivity index (χ1) is 6.84. The molecule has 86 valence electrons. The van der Waals surface area contributed by atoms with Crippen LogP contribution in [0.2, 0.25) is 0 Å². The Hall–Kier alpha value is -1.39. The Labute approximate surface area is 88.9 Å². The third kappa shape index (κ3) is 5.83. The van der Waals surface area contributed by atoms with Crippen molar-refractivity contribution in [2.45, 2.75) is 39.7 Å². The maximum Gasteiger partial charge on any atom is 0.303 e. The minimum absolute atomic E-state index is 0.0104. The van der Waals surface area contributed by atoms with Crippen LogP contribution in [0.15, 0.2) is 0 Å². The first-order valence-electron chi connectivity index (χ1n) is 4.86. The number of carboxylic acid groups (broad SMARTS) is 1. The second-order valence-electron chi connectivity index (χ2n) is 3.79. The van der Waals surface area contributed by atoms with Crippen molar-refractivity contribution < 1.29 is 19.5 Å². The molecule has 5 nitrogen and oxygen atoms in total. The maximum absolute atomic E-state index is 11.2. The number of carboxylic acids is 1. The van der Waals surface area contributed by atoms with Crippen molar-refractivity contribution in [2.75, 3.05) is 0 Å². The number of amides is 1. The van der Waals surface area contributed by atoms with E-state index in [4.69, 9.17) is 5.11 Å². The molecule has 0 heterocycles. The molecule has 0 saturated heterocycles. The molecule has 0 bridgehead atoms. The van der Waals surface area contributed by atoms with Crippen LogP contribution in [0, 0.1) is 5.92 Å². The molecule has 0 aromatic rings. The number of rotatable bonds is 6. The van der Waals surface area contributed by atoms with Gasteiger partial charge in [0.15, 0.2) is 5.78 Å². The predicted molar refractivity (Wildman–Crippen MR) is 54.3 cm³/mol. The average Bonchev–Trinajstić information content (AvgIpc) is 2.09. The summed E-state index contributed by atoms with van der Waals surface area (Å²) in [5.74, 6) is -1.52. The van der Waals surface area contributed by atoms with Crippen LogP contribution < -0.4 is 5.32 Å². The lowest BCUT2D eigenvalue weighted by Crippen LogP contribution is -2.43. The highest BCUT2D eigenvalue weighted by molar-refractivity contribution is 5.88. The third-order valence-electron chi connectivity index (χ3n) is 1.99. The van der Waals surface area contributed by atoms with Gasteiger partial charge in [-0.3, -0.25) is 14.4 Å². The van der Waals surface area contributed by atoms with Crippen molar-refractivity contribution in [3.63, 3.8) is 0 Å². The summed E-state index contributed by atoms with van der Waals surface area (Å²) in [6.07, 6.45) is -0.305. The Balaban J connectivity index is 4.12. The number of aliphatic carboxylic acids is 1. The highest BCUT2D eigenvalue weighted by Crippen LogP contribution is 2.03. The predicted octanol–water partition coefficient (Wildman–Crippen LogP) is 0.581. The number of Topliss-reactive ketones (excluding diaryl/α,β-unsaturated/α-hetero) is 1. The summed E-state index contributed by atoms with van der Waals surface area (Å²) in [6, 6.07) is -0.522. The molecule has 0 unspecified atom stereocenters. The average molecular weight is 215 g/mol. The Bertz CT molecular complexity index is 260. The molecular weight excluding hydrogens is 198 g/mol. The molecule has 0 aliphatic rings. The van der Waals surface area contributed by atoms with Crippen molar-refractivity contribution in [1.82, 2.24) is 5.32 Å². The van der Waals surface area contributed by atoms with E-state index in [0.29, 0.717) is 0 Å². The molecule has 0 aromatic heterocycles. The molecule has 15 heavy (non-hydrogen) atoms. The lowest BCUT2D eigenvalue weighted by molar-refractivity contribution is -0.139. The SMILES string of the molecule is CC(=O)[C@@H](NC(=O)CCC(=O)O)C(C)C. The van der Waals surface area contributed by atoms with Gasteiger partial charge in [0.2, 0.25) is 5.91 Å². The Kier molecular flexibility index (Phi) is 5.59. The molecule has 5 heteroatoms. The van der Waals surface area contributed by atoms with Gasteiger partial charge >= 0.3 is 5.97 Å². The lowest BCUT2D eigenvalue weighted by atomic mass is 10.0. The largest absolute Gasteiger partial charge is 0.481 e. The van der Waals surface area contributed by atoms with E-state index in [2.05, 4.69) is 5.32 Å². The zero-order chi connectivity index (χ0) is 12.0. The summed E-state index contributed by atoms with van der Waals surface area (Å²) in [5.41, 5.74) is 0. The molecule has 0 saturated carbocycles. The number of ketones is 1. The van der Waals surface area contributed by atoms with Gasteiger partial charge in [0.25, 0.3) is 0 Å². The zero-order valence-corrected chi connectivity index (χ0v) is 9.24. The molecule has 1 amide bonds. The van der Waals surface area contributed by atoms with Crippen LogP contribution >= 0.6 is 0 Å². The fourth-order valence-corrected chi connectivity index (χ4v) is 1.20. The molecule has 0 aromatic carbocycles. The minimum Gasteiger partial charge on any atom is -0.481 e. The highest BCUT2D eigenvalue weighted by atomic mass is 16.4. The summed E-state index contributed by atoms with van der Waals surface area (Å²) in [4.78, 5) is 32.6.